The van der Waals surface area contributed by atoms with Crippen LogP contribution in [0.5, 0.6) is 5.75 Å². The van der Waals surface area contributed by atoms with Crippen molar-refractivity contribution >= 4 is 29.0 Å². The Kier molecular flexibility index (Phi) is 9.16. The van der Waals surface area contributed by atoms with E-state index >= 15 is 0 Å². The van der Waals surface area contributed by atoms with Crippen molar-refractivity contribution in [3.63, 3.8) is 0 Å². The second-order valence-electron chi connectivity index (χ2n) is 16.3. The van der Waals surface area contributed by atoms with Gasteiger partial charge in [-0.15, -0.1) is 0 Å². The fourth-order valence-corrected chi connectivity index (χ4v) is 7.85. The number of nitriles is 1. The normalized spacial score (nSPS) is 30.9. The number of fused-ring (bicyclic) bond motifs is 3. The van der Waals surface area contributed by atoms with Crippen molar-refractivity contribution in [1.29, 1.82) is 5.26 Å². The number of primary amides is 1. The third-order valence-corrected chi connectivity index (χ3v) is 9.70. The van der Waals surface area contributed by atoms with E-state index in [1.165, 1.54) is 19.0 Å². The number of carbonyl (C=O) groups is 5. The summed E-state index contributed by atoms with van der Waals surface area (Å²) in [4.78, 5) is 70.6. The van der Waals surface area contributed by atoms with Gasteiger partial charge in [-0.2, -0.15) is 5.26 Å². The molecule has 0 aromatic heterocycles. The zero-order valence-corrected chi connectivity index (χ0v) is 28.7. The Labute approximate surface area is 276 Å². The first kappa shape index (κ1) is 36.3. The largest absolute Gasteiger partial charge is 0.507 e. The van der Waals surface area contributed by atoms with Crippen LogP contribution in [0.15, 0.2) is 6.07 Å². The predicted molar refractivity (Wildman–Crippen MR) is 174 cm³/mol. The molecule has 9 N–H and O–H groups in total. The number of rotatable bonds is 8. The lowest BCUT2D eigenvalue weighted by Crippen LogP contribution is -2.85. The first-order chi connectivity index (χ1) is 21.5. The molecule has 2 unspecified atom stereocenters. The van der Waals surface area contributed by atoms with Crippen molar-refractivity contribution < 1.29 is 29.1 Å². The summed E-state index contributed by atoms with van der Waals surface area (Å²) < 4.78 is 0. The molecule has 0 aliphatic heterocycles. The highest BCUT2D eigenvalue weighted by Gasteiger charge is 2.78. The number of phenols is 1. The number of hydrogen-bond acceptors (Lipinski definition) is 12. The number of hydrogen-bond donors (Lipinski definition) is 6. The molecule has 0 heterocycles. The zero-order chi connectivity index (χ0) is 35.7. The van der Waals surface area contributed by atoms with Crippen molar-refractivity contribution in [2.45, 2.75) is 84.6 Å². The number of phenolic OH excluding ortho intramolecular Hbond substituents is 1. The number of nitrogens with one attached hydrogen (secondary N) is 2. The quantitative estimate of drug-likeness (QED) is 0.205. The molecule has 6 atom stereocenters. The average molecular weight is 652 g/mol. The van der Waals surface area contributed by atoms with E-state index in [9.17, 15) is 34.3 Å². The van der Waals surface area contributed by atoms with Gasteiger partial charge in [0, 0.05) is 37.3 Å². The highest BCUT2D eigenvalue weighted by Crippen LogP contribution is 2.56. The first-order valence-corrected chi connectivity index (χ1v) is 15.9. The number of ketones is 4. The van der Waals surface area contributed by atoms with Gasteiger partial charge >= 0.3 is 0 Å². The summed E-state index contributed by atoms with van der Waals surface area (Å²) >= 11 is 0. The molecule has 256 valence electrons. The van der Waals surface area contributed by atoms with Crippen molar-refractivity contribution in [2.75, 3.05) is 27.2 Å². The van der Waals surface area contributed by atoms with Gasteiger partial charge in [-0.25, -0.2) is 0 Å². The Morgan fingerprint density at radius 3 is 2.00 bits per heavy atom. The molecule has 2 saturated carbocycles. The van der Waals surface area contributed by atoms with E-state index in [4.69, 9.17) is 17.2 Å². The van der Waals surface area contributed by atoms with E-state index in [0.29, 0.717) is 36.3 Å². The van der Waals surface area contributed by atoms with Crippen LogP contribution in [-0.4, -0.2) is 83.4 Å². The Morgan fingerprint density at radius 1 is 1.00 bits per heavy atom. The van der Waals surface area contributed by atoms with Crippen molar-refractivity contribution in [3.8, 4) is 11.8 Å². The van der Waals surface area contributed by atoms with E-state index in [1.54, 1.807) is 6.07 Å². The lowest BCUT2D eigenvalue weighted by atomic mass is 9.42. The molecule has 4 rings (SSSR count). The summed E-state index contributed by atoms with van der Waals surface area (Å²) in [7, 11) is 2.95. The van der Waals surface area contributed by atoms with Crippen LogP contribution in [0.1, 0.15) is 75.0 Å². The molecule has 0 spiro atoms. The van der Waals surface area contributed by atoms with E-state index in [1.807, 2.05) is 6.07 Å². The van der Waals surface area contributed by atoms with E-state index in [0.717, 1.165) is 0 Å². The van der Waals surface area contributed by atoms with Crippen molar-refractivity contribution in [3.05, 3.63) is 28.3 Å². The van der Waals surface area contributed by atoms with Gasteiger partial charge in [0.25, 0.3) is 0 Å². The standard InChI is InChI=1S/C34H49N7O6/c1-30(2,3)15-39-11-17-9-18(12-40-16-31(4,5)6)23(42)20-19(17)10-32(37)13-34(38)26(41(7)8)25(44)21(29(36)47)27(45)33(34,14-35)28(46)22(32)24(20)43/h9,21-22,26,39-40,42H,10-13,15-16,37-38H2,1-8H3,(H2,36,47)/t21?,22?,26-,32-,33+,34-/m1/s1. The lowest BCUT2D eigenvalue weighted by Gasteiger charge is -2.60. The minimum atomic E-state index is -2.78. The van der Waals surface area contributed by atoms with Crippen LogP contribution in [0.3, 0.4) is 0 Å². The fraction of sp³-hybridized carbons (Fsp3) is 0.647. The second kappa shape index (κ2) is 11.9. The number of Topliss-reactive ketones (excluding diaryl/α,β-unsaturated/α-hetero) is 4. The summed E-state index contributed by atoms with van der Waals surface area (Å²) in [6.45, 7) is 14.2. The second-order valence-corrected chi connectivity index (χ2v) is 16.3. The van der Waals surface area contributed by atoms with Gasteiger partial charge in [-0.1, -0.05) is 41.5 Å². The summed E-state index contributed by atoms with van der Waals surface area (Å²) in [5.74, 6) is -9.83. The lowest BCUT2D eigenvalue weighted by molar-refractivity contribution is -0.166. The number of benzene rings is 1. The van der Waals surface area contributed by atoms with Crippen LogP contribution in [0, 0.1) is 39.4 Å². The van der Waals surface area contributed by atoms with Gasteiger partial charge in [0.05, 0.1) is 23.2 Å². The van der Waals surface area contributed by atoms with Gasteiger partial charge in [-0.05, 0) is 55.0 Å². The molecule has 1 aromatic carbocycles. The smallest absolute Gasteiger partial charge is 0.235 e. The molecule has 0 radical (unpaired) electrons. The zero-order valence-electron chi connectivity index (χ0n) is 28.7. The van der Waals surface area contributed by atoms with E-state index < -0.39 is 69.8 Å². The highest BCUT2D eigenvalue weighted by atomic mass is 16.3. The molecule has 2 fully saturated rings. The molecule has 1 aromatic rings. The Balaban J connectivity index is 1.93. The van der Waals surface area contributed by atoms with Crippen LogP contribution in [0.25, 0.3) is 0 Å². The van der Waals surface area contributed by atoms with Gasteiger partial charge in [0.1, 0.15) is 11.7 Å². The summed E-state index contributed by atoms with van der Waals surface area (Å²) in [5, 5.41) is 28.9. The topological polar surface area (TPSA) is 235 Å². The average Bonchev–Trinajstić information content (AvgIpc) is 2.88. The number of likely N-dealkylation sites (N-methyl/N-ethyl adjacent to an activating group) is 1. The number of nitrogens with two attached hydrogens (primary N) is 3. The minimum absolute atomic E-state index is 0.0591. The number of aromatic hydroxyl groups is 1. The van der Waals surface area contributed by atoms with Gasteiger partial charge < -0.3 is 32.9 Å². The minimum Gasteiger partial charge on any atom is -0.507 e. The predicted octanol–water partition coefficient (Wildman–Crippen LogP) is 0.0799. The van der Waals surface area contributed by atoms with Gasteiger partial charge in [0.15, 0.2) is 34.5 Å². The number of amides is 1. The molecular weight excluding hydrogens is 602 g/mol. The van der Waals surface area contributed by atoms with Crippen LogP contribution in [0.2, 0.25) is 0 Å². The van der Waals surface area contributed by atoms with Gasteiger partial charge in [0.2, 0.25) is 5.91 Å². The molecule has 0 bridgehead atoms. The molecule has 1 amide bonds. The Hall–Kier alpha value is -3.54. The van der Waals surface area contributed by atoms with Crippen molar-refractivity contribution in [1.82, 2.24) is 15.5 Å². The Morgan fingerprint density at radius 2 is 1.53 bits per heavy atom. The Bertz CT molecular complexity index is 1580. The molecule has 47 heavy (non-hydrogen) atoms. The maximum atomic E-state index is 14.7. The third-order valence-electron chi connectivity index (χ3n) is 9.70. The molecule has 13 heteroatoms. The summed E-state index contributed by atoms with van der Waals surface area (Å²) in [6, 6.07) is 2.10. The van der Waals surface area contributed by atoms with Crippen molar-refractivity contribution in [2.24, 2.45) is 45.3 Å². The third kappa shape index (κ3) is 5.80. The molecule has 13 nitrogen and oxygen atoms in total. The highest BCUT2D eigenvalue weighted by molar-refractivity contribution is 6.33. The molecule has 0 saturated heterocycles. The number of carbonyl (C=O) groups excluding carboxylic acids is 5. The van der Waals surface area contributed by atoms with Gasteiger partial charge in [-0.3, -0.25) is 28.9 Å². The number of nitrogens with zero attached hydrogens (tertiary/aromatic N) is 2. The van der Waals surface area contributed by atoms with Crippen LogP contribution in [-0.2, 0) is 38.7 Å². The van der Waals surface area contributed by atoms with Crippen LogP contribution < -0.4 is 27.8 Å². The first-order valence-electron chi connectivity index (χ1n) is 15.9. The SMILES string of the molecule is CN(C)[C@@H]1C(=O)C(C(N)=O)C(=O)[C@@]2(C#N)C(=O)C3C(=O)c4c(O)c(CNCC(C)(C)C)cc(CNCC(C)(C)C)c4C[C@@]3(N)C[C@@]12N. The summed E-state index contributed by atoms with van der Waals surface area (Å²) in [5.41, 5.74) is 14.0. The van der Waals surface area contributed by atoms with E-state index in [-0.39, 0.29) is 35.1 Å². The molecule has 3 aliphatic carbocycles. The molecule has 3 aliphatic rings. The van der Waals surface area contributed by atoms with E-state index in [2.05, 4.69) is 52.2 Å². The van der Waals surface area contributed by atoms with Crippen LogP contribution in [0.4, 0.5) is 0 Å². The maximum Gasteiger partial charge on any atom is 0.235 e. The summed E-state index contributed by atoms with van der Waals surface area (Å²) in [6.07, 6.45) is -0.562. The fourth-order valence-electron chi connectivity index (χ4n) is 7.85. The maximum absolute atomic E-state index is 14.7. The monoisotopic (exact) mass is 651 g/mol. The molecular formula is C34H49N7O6. The van der Waals surface area contributed by atoms with Crippen LogP contribution >= 0.6 is 0 Å².